The zero-order valence-electron chi connectivity index (χ0n) is 13.8. The van der Waals surface area contributed by atoms with Crippen LogP contribution in [0.3, 0.4) is 0 Å². The summed E-state index contributed by atoms with van der Waals surface area (Å²) in [4.78, 5) is 25.2. The Labute approximate surface area is 155 Å². The second-order valence-corrected chi connectivity index (χ2v) is 8.88. The molecule has 26 heavy (non-hydrogen) atoms. The van der Waals surface area contributed by atoms with Crippen LogP contribution in [0.1, 0.15) is 23.2 Å². The molecule has 2 aromatic rings. The Bertz CT molecular complexity index is 901. The Hall–Kier alpha value is -2.39. The Balaban J connectivity index is 1.71. The van der Waals surface area contributed by atoms with Crippen LogP contribution in [-0.2, 0) is 14.8 Å². The first-order chi connectivity index (χ1) is 12.4. The summed E-state index contributed by atoms with van der Waals surface area (Å²) >= 11 is 1.11. The van der Waals surface area contributed by atoms with Crippen molar-refractivity contribution in [2.75, 3.05) is 17.8 Å². The Morgan fingerprint density at radius 3 is 2.50 bits per heavy atom. The van der Waals surface area contributed by atoms with E-state index in [4.69, 9.17) is 5.11 Å². The maximum absolute atomic E-state index is 12.6. The van der Waals surface area contributed by atoms with Crippen LogP contribution in [0.15, 0.2) is 46.0 Å². The molecule has 138 valence electrons. The number of nitrogens with one attached hydrogen (secondary N) is 1. The van der Waals surface area contributed by atoms with Gasteiger partial charge in [-0.3, -0.25) is 14.3 Å². The number of carboxylic acids is 1. The third-order valence-electron chi connectivity index (χ3n) is 4.25. The van der Waals surface area contributed by atoms with Gasteiger partial charge in [0, 0.05) is 24.3 Å². The van der Waals surface area contributed by atoms with Crippen LogP contribution in [0.25, 0.3) is 0 Å². The van der Waals surface area contributed by atoms with Gasteiger partial charge >= 0.3 is 5.97 Å². The summed E-state index contributed by atoms with van der Waals surface area (Å²) < 4.78 is 27.3. The summed E-state index contributed by atoms with van der Waals surface area (Å²) in [5.41, 5.74) is 0.676. The number of thiophene rings is 1. The number of piperidine rings is 1. The van der Waals surface area contributed by atoms with Crippen molar-refractivity contribution in [3.8, 4) is 0 Å². The average molecular weight is 394 g/mol. The van der Waals surface area contributed by atoms with E-state index in [0.29, 0.717) is 37.2 Å². The monoisotopic (exact) mass is 394 g/mol. The van der Waals surface area contributed by atoms with Gasteiger partial charge < -0.3 is 10.0 Å². The number of anilines is 1. The van der Waals surface area contributed by atoms with Crippen molar-refractivity contribution in [1.29, 1.82) is 0 Å². The molecule has 1 aliphatic heterocycles. The normalized spacial score (nSPS) is 15.6. The molecule has 0 radical (unpaired) electrons. The van der Waals surface area contributed by atoms with E-state index in [1.54, 1.807) is 34.5 Å². The molecule has 7 nitrogen and oxygen atoms in total. The fourth-order valence-corrected chi connectivity index (χ4v) is 4.89. The van der Waals surface area contributed by atoms with Crippen LogP contribution in [0.2, 0.25) is 0 Å². The summed E-state index contributed by atoms with van der Waals surface area (Å²) in [6.07, 6.45) is 0.845. The molecule has 1 aliphatic rings. The lowest BCUT2D eigenvalue weighted by molar-refractivity contribution is -0.143. The molecular weight excluding hydrogens is 376 g/mol. The van der Waals surface area contributed by atoms with E-state index < -0.39 is 21.9 Å². The first-order valence-electron chi connectivity index (χ1n) is 8.05. The highest BCUT2D eigenvalue weighted by molar-refractivity contribution is 7.94. The van der Waals surface area contributed by atoms with E-state index in [1.165, 1.54) is 12.1 Å². The van der Waals surface area contributed by atoms with Crippen LogP contribution in [0.4, 0.5) is 5.69 Å². The summed E-state index contributed by atoms with van der Waals surface area (Å²) in [7, 11) is -3.68. The van der Waals surface area contributed by atoms with Crippen LogP contribution in [0, 0.1) is 5.92 Å². The van der Waals surface area contributed by atoms with Crippen LogP contribution < -0.4 is 4.72 Å². The van der Waals surface area contributed by atoms with Gasteiger partial charge in [-0.2, -0.15) is 0 Å². The molecule has 1 aromatic carbocycles. The zero-order valence-corrected chi connectivity index (χ0v) is 15.4. The van der Waals surface area contributed by atoms with E-state index in [0.717, 1.165) is 11.3 Å². The molecule has 1 aromatic heterocycles. The van der Waals surface area contributed by atoms with Crippen LogP contribution in [0.5, 0.6) is 0 Å². The number of rotatable bonds is 5. The lowest BCUT2D eigenvalue weighted by Crippen LogP contribution is -2.40. The number of benzene rings is 1. The number of hydrogen-bond donors (Lipinski definition) is 2. The predicted octanol–water partition coefficient (Wildman–Crippen LogP) is 2.49. The van der Waals surface area contributed by atoms with Crippen molar-refractivity contribution in [2.45, 2.75) is 17.1 Å². The molecular formula is C17H18N2O5S2. The lowest BCUT2D eigenvalue weighted by Gasteiger charge is -2.30. The molecule has 2 heterocycles. The highest BCUT2D eigenvalue weighted by atomic mass is 32.2. The minimum atomic E-state index is -3.68. The quantitative estimate of drug-likeness (QED) is 0.811. The summed E-state index contributed by atoms with van der Waals surface area (Å²) in [5.74, 6) is -1.48. The van der Waals surface area contributed by atoms with Gasteiger partial charge in [0.1, 0.15) is 4.21 Å². The van der Waals surface area contributed by atoms with E-state index in [-0.39, 0.29) is 10.1 Å². The first-order valence-corrected chi connectivity index (χ1v) is 10.4. The molecule has 1 saturated heterocycles. The molecule has 1 fully saturated rings. The maximum Gasteiger partial charge on any atom is 0.306 e. The van der Waals surface area contributed by atoms with E-state index >= 15 is 0 Å². The van der Waals surface area contributed by atoms with Gasteiger partial charge in [-0.25, -0.2) is 8.42 Å². The number of nitrogens with zero attached hydrogens (tertiary/aromatic N) is 1. The fourth-order valence-electron chi connectivity index (χ4n) is 2.85. The molecule has 0 aliphatic carbocycles. The zero-order chi connectivity index (χ0) is 18.7. The number of sulfonamides is 1. The number of carbonyl (C=O) groups excluding carboxylic acids is 1. The molecule has 0 atom stereocenters. The average Bonchev–Trinajstić information content (AvgIpc) is 3.17. The van der Waals surface area contributed by atoms with Crippen molar-refractivity contribution >= 4 is 38.9 Å². The number of hydrogen-bond acceptors (Lipinski definition) is 5. The van der Waals surface area contributed by atoms with Crippen molar-refractivity contribution < 1.29 is 23.1 Å². The van der Waals surface area contributed by atoms with Gasteiger partial charge in [0.25, 0.3) is 15.9 Å². The standard InChI is InChI=1S/C17H18N2O5S2/c20-16(19-8-6-12(7-9-19)17(21)22)13-3-1-4-14(11-13)18-26(23,24)15-5-2-10-25-15/h1-5,10-12,18H,6-9H2,(H,21,22). The summed E-state index contributed by atoms with van der Waals surface area (Å²) in [5, 5.41) is 10.7. The van der Waals surface area contributed by atoms with Gasteiger partial charge in [0.15, 0.2) is 0 Å². The van der Waals surface area contributed by atoms with E-state index in [2.05, 4.69) is 4.72 Å². The summed E-state index contributed by atoms with van der Waals surface area (Å²) in [6.45, 7) is 0.752. The van der Waals surface area contributed by atoms with Crippen molar-refractivity contribution in [3.05, 3.63) is 47.3 Å². The van der Waals surface area contributed by atoms with Crippen LogP contribution in [-0.4, -0.2) is 43.4 Å². The van der Waals surface area contributed by atoms with Gasteiger partial charge in [-0.05, 0) is 42.5 Å². The first kappa shape index (κ1) is 18.4. The SMILES string of the molecule is O=C(O)C1CCN(C(=O)c2cccc(NS(=O)(=O)c3cccs3)c2)CC1. The Morgan fingerprint density at radius 1 is 1.15 bits per heavy atom. The molecule has 0 bridgehead atoms. The van der Waals surface area contributed by atoms with Gasteiger partial charge in [-0.15, -0.1) is 11.3 Å². The minimum absolute atomic E-state index is 0.199. The number of likely N-dealkylation sites (tertiary alicyclic amines) is 1. The van der Waals surface area contributed by atoms with Gasteiger partial charge in [-0.1, -0.05) is 12.1 Å². The summed E-state index contributed by atoms with van der Waals surface area (Å²) in [6, 6.07) is 9.47. The fraction of sp³-hybridized carbons (Fsp3) is 0.294. The maximum atomic E-state index is 12.6. The second kappa shape index (κ2) is 7.46. The van der Waals surface area contributed by atoms with Crippen molar-refractivity contribution in [3.63, 3.8) is 0 Å². The van der Waals surface area contributed by atoms with Crippen molar-refractivity contribution in [2.24, 2.45) is 5.92 Å². The molecule has 9 heteroatoms. The smallest absolute Gasteiger partial charge is 0.306 e. The Morgan fingerprint density at radius 2 is 1.88 bits per heavy atom. The van der Waals surface area contributed by atoms with Gasteiger partial charge in [0.05, 0.1) is 5.92 Å². The Kier molecular flexibility index (Phi) is 5.28. The van der Waals surface area contributed by atoms with Gasteiger partial charge in [0.2, 0.25) is 0 Å². The van der Waals surface area contributed by atoms with Crippen LogP contribution >= 0.6 is 11.3 Å². The molecule has 1 amide bonds. The highest BCUT2D eigenvalue weighted by Crippen LogP contribution is 2.23. The van der Waals surface area contributed by atoms with E-state index in [9.17, 15) is 18.0 Å². The third-order valence-corrected chi connectivity index (χ3v) is 7.03. The third kappa shape index (κ3) is 4.05. The number of carbonyl (C=O) groups is 2. The molecule has 2 N–H and O–H groups in total. The minimum Gasteiger partial charge on any atom is -0.481 e. The predicted molar refractivity (Wildman–Crippen MR) is 97.8 cm³/mol. The molecule has 3 rings (SSSR count). The largest absolute Gasteiger partial charge is 0.481 e. The number of amides is 1. The highest BCUT2D eigenvalue weighted by Gasteiger charge is 2.27. The van der Waals surface area contributed by atoms with Crippen molar-refractivity contribution in [1.82, 2.24) is 4.90 Å². The number of aliphatic carboxylic acids is 1. The number of carboxylic acid groups (broad SMARTS) is 1. The molecule has 0 unspecified atom stereocenters. The van der Waals surface area contributed by atoms with E-state index in [1.807, 2.05) is 0 Å². The molecule has 0 saturated carbocycles. The molecule has 0 spiro atoms. The lowest BCUT2D eigenvalue weighted by atomic mass is 9.96. The second-order valence-electron chi connectivity index (χ2n) is 6.02. The topological polar surface area (TPSA) is 104 Å².